The van der Waals surface area contributed by atoms with Crippen LogP contribution in [-0.4, -0.2) is 54.0 Å². The smallest absolute Gasteiger partial charge is 0.161 e. The summed E-state index contributed by atoms with van der Waals surface area (Å²) in [5, 5.41) is 38.9. The van der Waals surface area contributed by atoms with E-state index in [1.54, 1.807) is 12.1 Å². The topological polar surface area (TPSA) is 109 Å². The van der Waals surface area contributed by atoms with Crippen LogP contribution in [0.4, 0.5) is 0 Å². The number of rotatable bonds is 10. The summed E-state index contributed by atoms with van der Waals surface area (Å²) >= 11 is 0. The molecule has 2 rings (SSSR count). The summed E-state index contributed by atoms with van der Waals surface area (Å²) in [6, 6.07) is 9.78. The molecule has 2 atom stereocenters. The Morgan fingerprint density at radius 3 is 2.30 bits per heavy atom. The van der Waals surface area contributed by atoms with Gasteiger partial charge in [0.2, 0.25) is 0 Å². The molecule has 0 radical (unpaired) electrons. The summed E-state index contributed by atoms with van der Waals surface area (Å²) in [7, 11) is 2.92. The van der Waals surface area contributed by atoms with Crippen LogP contribution in [0.1, 0.15) is 23.7 Å². The molecule has 0 saturated carbocycles. The van der Waals surface area contributed by atoms with E-state index in [9.17, 15) is 15.3 Å². The maximum absolute atomic E-state index is 10.6. The minimum absolute atomic E-state index is 0.0462. The van der Waals surface area contributed by atoms with Gasteiger partial charge in [-0.15, -0.1) is 0 Å². The maximum Gasteiger partial charge on any atom is 0.161 e. The third kappa shape index (κ3) is 5.26. The van der Waals surface area contributed by atoms with E-state index in [0.717, 1.165) is 5.56 Å². The highest BCUT2D eigenvalue weighted by atomic mass is 16.5. The highest BCUT2D eigenvalue weighted by Crippen LogP contribution is 2.34. The molecule has 0 bridgehead atoms. The number of phenols is 1. The lowest BCUT2D eigenvalue weighted by Gasteiger charge is -2.24. The average molecular weight is 378 g/mol. The van der Waals surface area contributed by atoms with Gasteiger partial charge in [-0.2, -0.15) is 0 Å². The molecule has 148 valence electrons. The lowest BCUT2D eigenvalue weighted by molar-refractivity contribution is -0.000525. The number of ether oxygens (including phenoxy) is 3. The number of aliphatic hydroxyl groups excluding tert-OH is 3. The second kappa shape index (κ2) is 10.0. The first-order valence-corrected chi connectivity index (χ1v) is 8.64. The lowest BCUT2D eigenvalue weighted by Crippen LogP contribution is -2.29. The van der Waals surface area contributed by atoms with Gasteiger partial charge in [0.1, 0.15) is 6.10 Å². The number of hydrogen-bond donors (Lipinski definition) is 4. The number of aromatic hydroxyl groups is 1. The van der Waals surface area contributed by atoms with E-state index in [1.165, 1.54) is 32.4 Å². The molecule has 0 aliphatic heterocycles. The molecule has 0 aliphatic carbocycles. The van der Waals surface area contributed by atoms with Crippen molar-refractivity contribution in [2.75, 3.05) is 27.4 Å². The first kappa shape index (κ1) is 20.8. The van der Waals surface area contributed by atoms with Crippen LogP contribution in [0.3, 0.4) is 0 Å². The number of benzene rings is 2. The molecule has 0 fully saturated rings. The van der Waals surface area contributed by atoms with Gasteiger partial charge < -0.3 is 34.6 Å². The van der Waals surface area contributed by atoms with Crippen molar-refractivity contribution >= 4 is 0 Å². The minimum Gasteiger partial charge on any atom is -0.504 e. The van der Waals surface area contributed by atoms with Gasteiger partial charge in [-0.1, -0.05) is 12.1 Å². The zero-order chi connectivity index (χ0) is 19.8. The summed E-state index contributed by atoms with van der Waals surface area (Å²) in [5.74, 6) is 1.03. The van der Waals surface area contributed by atoms with Crippen LogP contribution in [0.15, 0.2) is 36.4 Å². The van der Waals surface area contributed by atoms with Gasteiger partial charge in [-0.3, -0.25) is 0 Å². The van der Waals surface area contributed by atoms with Gasteiger partial charge in [-0.25, -0.2) is 0 Å². The Bertz CT molecular complexity index is 732. The van der Waals surface area contributed by atoms with Crippen LogP contribution < -0.4 is 14.2 Å². The summed E-state index contributed by atoms with van der Waals surface area (Å²) in [6.45, 7) is -0.324. The van der Waals surface area contributed by atoms with Crippen molar-refractivity contribution in [3.05, 3.63) is 47.5 Å². The Labute approximate surface area is 158 Å². The van der Waals surface area contributed by atoms with E-state index in [2.05, 4.69) is 0 Å². The Balaban J connectivity index is 2.20. The highest BCUT2D eigenvalue weighted by Gasteiger charge is 2.24. The Morgan fingerprint density at radius 2 is 1.67 bits per heavy atom. The molecule has 4 N–H and O–H groups in total. The normalized spacial score (nSPS) is 13.1. The average Bonchev–Trinajstić information content (AvgIpc) is 2.70. The van der Waals surface area contributed by atoms with E-state index < -0.39 is 18.8 Å². The Hall–Kier alpha value is -2.48. The Morgan fingerprint density at radius 1 is 0.926 bits per heavy atom. The van der Waals surface area contributed by atoms with Crippen LogP contribution in [0.5, 0.6) is 23.0 Å². The third-order valence-corrected chi connectivity index (χ3v) is 4.21. The Kier molecular flexibility index (Phi) is 7.72. The van der Waals surface area contributed by atoms with Crippen molar-refractivity contribution in [3.63, 3.8) is 0 Å². The van der Waals surface area contributed by atoms with Gasteiger partial charge in [0.25, 0.3) is 0 Å². The summed E-state index contributed by atoms with van der Waals surface area (Å²) in [5.41, 5.74) is 1.42. The van der Waals surface area contributed by atoms with Crippen LogP contribution in [0.2, 0.25) is 0 Å². The summed E-state index contributed by atoms with van der Waals surface area (Å²) in [4.78, 5) is 0. The quantitative estimate of drug-likeness (QED) is 0.499. The van der Waals surface area contributed by atoms with Crippen LogP contribution in [0, 0.1) is 0 Å². The first-order valence-electron chi connectivity index (χ1n) is 8.64. The number of hydrogen-bond acceptors (Lipinski definition) is 7. The van der Waals surface area contributed by atoms with Crippen molar-refractivity contribution in [3.8, 4) is 23.0 Å². The number of aliphatic hydroxyl groups is 3. The van der Waals surface area contributed by atoms with Crippen LogP contribution >= 0.6 is 0 Å². The van der Waals surface area contributed by atoms with E-state index in [0.29, 0.717) is 29.9 Å². The fourth-order valence-electron chi connectivity index (χ4n) is 2.71. The maximum atomic E-state index is 10.6. The van der Waals surface area contributed by atoms with Crippen molar-refractivity contribution in [1.29, 1.82) is 0 Å². The molecule has 0 amide bonds. The fraction of sp³-hybridized carbons (Fsp3) is 0.400. The predicted molar refractivity (Wildman–Crippen MR) is 99.5 cm³/mol. The zero-order valence-electron chi connectivity index (χ0n) is 15.5. The second-order valence-electron chi connectivity index (χ2n) is 6.03. The van der Waals surface area contributed by atoms with E-state index >= 15 is 0 Å². The molecule has 7 nitrogen and oxygen atoms in total. The number of methoxy groups -OCH3 is 2. The SMILES string of the molecule is COc1cc(C(O)[C@@H](CO)Oc2ccc(CCCO)cc2OC)ccc1O. The van der Waals surface area contributed by atoms with Gasteiger partial charge in [0.05, 0.1) is 20.8 Å². The van der Waals surface area contributed by atoms with E-state index in [-0.39, 0.29) is 18.1 Å². The molecule has 1 unspecified atom stereocenters. The van der Waals surface area contributed by atoms with Crippen LogP contribution in [-0.2, 0) is 6.42 Å². The molecule has 7 heteroatoms. The molecule has 2 aromatic carbocycles. The fourth-order valence-corrected chi connectivity index (χ4v) is 2.71. The molecular formula is C20H26O7. The van der Waals surface area contributed by atoms with E-state index in [4.69, 9.17) is 19.3 Å². The van der Waals surface area contributed by atoms with E-state index in [1.807, 2.05) is 6.07 Å². The van der Waals surface area contributed by atoms with Gasteiger partial charge in [0, 0.05) is 6.61 Å². The van der Waals surface area contributed by atoms with Crippen molar-refractivity contribution in [2.45, 2.75) is 25.0 Å². The van der Waals surface area contributed by atoms with Gasteiger partial charge >= 0.3 is 0 Å². The summed E-state index contributed by atoms with van der Waals surface area (Å²) in [6.07, 6.45) is -0.754. The number of aryl methyl sites for hydroxylation is 1. The molecule has 0 aliphatic rings. The third-order valence-electron chi connectivity index (χ3n) is 4.21. The molecular weight excluding hydrogens is 352 g/mol. The lowest BCUT2D eigenvalue weighted by atomic mass is 10.0. The van der Waals surface area contributed by atoms with Crippen molar-refractivity contribution < 1.29 is 34.6 Å². The van der Waals surface area contributed by atoms with Crippen LogP contribution in [0.25, 0.3) is 0 Å². The molecule has 0 aromatic heterocycles. The standard InChI is InChI=1S/C20H26O7/c1-25-17-11-14(6-7-15(17)23)20(24)19(12-22)27-16-8-5-13(4-3-9-21)10-18(16)26-2/h5-8,10-11,19-24H,3-4,9,12H2,1-2H3/t19-,20?/m1/s1. The zero-order valence-corrected chi connectivity index (χ0v) is 15.5. The molecule has 0 heterocycles. The number of phenolic OH excluding ortho intramolecular Hbond substituents is 1. The van der Waals surface area contributed by atoms with Gasteiger partial charge in [-0.05, 0) is 48.2 Å². The summed E-state index contributed by atoms with van der Waals surface area (Å²) < 4.78 is 16.2. The largest absolute Gasteiger partial charge is 0.504 e. The molecule has 0 saturated heterocycles. The molecule has 2 aromatic rings. The van der Waals surface area contributed by atoms with Gasteiger partial charge in [0.15, 0.2) is 29.1 Å². The molecule has 27 heavy (non-hydrogen) atoms. The van der Waals surface area contributed by atoms with Crippen molar-refractivity contribution in [2.24, 2.45) is 0 Å². The highest BCUT2D eigenvalue weighted by molar-refractivity contribution is 5.44. The molecule has 0 spiro atoms. The van der Waals surface area contributed by atoms with Crippen molar-refractivity contribution in [1.82, 2.24) is 0 Å². The minimum atomic E-state index is -1.15. The first-order chi connectivity index (χ1) is 13.0. The second-order valence-corrected chi connectivity index (χ2v) is 6.03. The monoisotopic (exact) mass is 378 g/mol. The predicted octanol–water partition coefficient (Wildman–Crippen LogP) is 1.81.